The van der Waals surface area contributed by atoms with Gasteiger partial charge in [0.2, 0.25) is 0 Å². The van der Waals surface area contributed by atoms with E-state index in [1.165, 1.54) is 30.3 Å². The van der Waals surface area contributed by atoms with Crippen molar-refractivity contribution in [2.24, 2.45) is 0 Å². The summed E-state index contributed by atoms with van der Waals surface area (Å²) in [7, 11) is 0. The predicted molar refractivity (Wildman–Crippen MR) is 70.6 cm³/mol. The molecular weight excluding hydrogens is 270 g/mol. The van der Waals surface area contributed by atoms with Gasteiger partial charge in [0, 0.05) is 22.6 Å². The summed E-state index contributed by atoms with van der Waals surface area (Å²) in [6.07, 6.45) is -0.185. The lowest BCUT2D eigenvalue weighted by Gasteiger charge is -2.07. The van der Waals surface area contributed by atoms with Gasteiger partial charge in [-0.2, -0.15) is 0 Å². The van der Waals surface area contributed by atoms with E-state index in [-0.39, 0.29) is 28.4 Å². The average Bonchev–Trinajstić information content (AvgIpc) is 2.37. The van der Waals surface area contributed by atoms with Crippen LogP contribution in [0.25, 0.3) is 0 Å². The fraction of sp³-hybridized carbons (Fsp3) is 0.133. The van der Waals surface area contributed by atoms with Gasteiger partial charge in [-0.05, 0) is 36.8 Å². The minimum absolute atomic E-state index is 0.137. The van der Waals surface area contributed by atoms with E-state index in [0.717, 1.165) is 6.07 Å². The van der Waals surface area contributed by atoms with E-state index in [4.69, 9.17) is 11.6 Å². The number of hydrogen-bond donors (Lipinski definition) is 0. The number of rotatable bonds is 3. The van der Waals surface area contributed by atoms with E-state index < -0.39 is 11.6 Å². The van der Waals surface area contributed by atoms with Crippen LogP contribution in [0.1, 0.15) is 21.5 Å². The van der Waals surface area contributed by atoms with Crippen LogP contribution in [-0.2, 0) is 6.42 Å². The summed E-state index contributed by atoms with van der Waals surface area (Å²) in [6, 6.07) is 8.19. The van der Waals surface area contributed by atoms with Crippen molar-refractivity contribution in [2.45, 2.75) is 13.3 Å². The van der Waals surface area contributed by atoms with Gasteiger partial charge in [0.1, 0.15) is 11.6 Å². The van der Waals surface area contributed by atoms with Crippen LogP contribution in [0.3, 0.4) is 0 Å². The van der Waals surface area contributed by atoms with E-state index in [2.05, 4.69) is 0 Å². The standard InChI is InChI=1S/C15H11ClF2O/c1-9-5-6-10(17)7-11(9)15(19)8-12-13(16)3-2-4-14(12)18/h2-7H,8H2,1H3. The van der Waals surface area contributed by atoms with E-state index in [1.807, 2.05) is 0 Å². The van der Waals surface area contributed by atoms with E-state index in [0.29, 0.717) is 5.56 Å². The van der Waals surface area contributed by atoms with Crippen molar-refractivity contribution >= 4 is 17.4 Å². The normalized spacial score (nSPS) is 10.5. The van der Waals surface area contributed by atoms with Gasteiger partial charge in [-0.1, -0.05) is 23.7 Å². The van der Waals surface area contributed by atoms with Crippen molar-refractivity contribution < 1.29 is 13.6 Å². The monoisotopic (exact) mass is 280 g/mol. The molecule has 0 saturated heterocycles. The summed E-state index contributed by atoms with van der Waals surface area (Å²) in [6.45, 7) is 1.70. The summed E-state index contributed by atoms with van der Waals surface area (Å²) in [4.78, 5) is 12.1. The van der Waals surface area contributed by atoms with Crippen LogP contribution in [-0.4, -0.2) is 5.78 Å². The molecule has 0 spiro atoms. The number of carbonyl (C=O) groups is 1. The van der Waals surface area contributed by atoms with Crippen LogP contribution in [0.2, 0.25) is 5.02 Å². The zero-order valence-electron chi connectivity index (χ0n) is 10.2. The number of Topliss-reactive ketones (excluding diaryl/α,β-unsaturated/α-hetero) is 1. The van der Waals surface area contributed by atoms with Crippen LogP contribution < -0.4 is 0 Å². The quantitative estimate of drug-likeness (QED) is 0.764. The van der Waals surface area contributed by atoms with Crippen molar-refractivity contribution in [1.29, 1.82) is 0 Å². The van der Waals surface area contributed by atoms with Crippen LogP contribution in [0.5, 0.6) is 0 Å². The molecule has 0 aliphatic carbocycles. The summed E-state index contributed by atoms with van der Waals surface area (Å²) < 4.78 is 26.7. The molecule has 0 fully saturated rings. The Labute approximate surface area is 114 Å². The molecule has 0 bridgehead atoms. The molecule has 0 N–H and O–H groups in total. The maximum Gasteiger partial charge on any atom is 0.167 e. The fourth-order valence-electron chi connectivity index (χ4n) is 1.85. The highest BCUT2D eigenvalue weighted by Crippen LogP contribution is 2.22. The SMILES string of the molecule is Cc1ccc(F)cc1C(=O)Cc1c(F)cccc1Cl. The Balaban J connectivity index is 2.34. The lowest BCUT2D eigenvalue weighted by atomic mass is 9.99. The molecule has 2 rings (SSSR count). The third-order valence-electron chi connectivity index (χ3n) is 2.90. The fourth-order valence-corrected chi connectivity index (χ4v) is 2.08. The summed E-state index contributed by atoms with van der Waals surface area (Å²) in [5, 5.41) is 0.197. The molecule has 0 aliphatic heterocycles. The first kappa shape index (κ1) is 13.7. The smallest absolute Gasteiger partial charge is 0.167 e. The Kier molecular flexibility index (Phi) is 3.96. The third kappa shape index (κ3) is 2.99. The summed E-state index contributed by atoms with van der Waals surface area (Å²) >= 11 is 5.87. The van der Waals surface area contributed by atoms with Gasteiger partial charge in [0.25, 0.3) is 0 Å². The van der Waals surface area contributed by atoms with Gasteiger partial charge in [-0.15, -0.1) is 0 Å². The number of aryl methyl sites for hydroxylation is 1. The molecule has 2 aromatic carbocycles. The first-order valence-corrected chi connectivity index (χ1v) is 6.09. The zero-order valence-corrected chi connectivity index (χ0v) is 11.0. The zero-order chi connectivity index (χ0) is 14.0. The molecule has 1 nitrogen and oxygen atoms in total. The third-order valence-corrected chi connectivity index (χ3v) is 3.25. The highest BCUT2D eigenvalue weighted by molar-refractivity contribution is 6.31. The molecule has 0 aliphatic rings. The molecule has 0 radical (unpaired) electrons. The van der Waals surface area contributed by atoms with Crippen LogP contribution >= 0.6 is 11.6 Å². The molecule has 0 amide bonds. The molecular formula is C15H11ClF2O. The summed E-state index contributed by atoms with van der Waals surface area (Å²) in [5.74, 6) is -1.38. The molecule has 0 heterocycles. The number of ketones is 1. The van der Waals surface area contributed by atoms with Crippen molar-refractivity contribution in [3.8, 4) is 0 Å². The molecule has 0 atom stereocenters. The lowest BCUT2D eigenvalue weighted by Crippen LogP contribution is -2.08. The van der Waals surface area contributed by atoms with Crippen LogP contribution in [0.15, 0.2) is 36.4 Å². The van der Waals surface area contributed by atoms with Gasteiger partial charge in [-0.3, -0.25) is 4.79 Å². The number of halogens is 3. The van der Waals surface area contributed by atoms with Crippen LogP contribution in [0, 0.1) is 18.6 Å². The molecule has 19 heavy (non-hydrogen) atoms. The van der Waals surface area contributed by atoms with E-state index >= 15 is 0 Å². The largest absolute Gasteiger partial charge is 0.294 e. The second-order valence-corrected chi connectivity index (χ2v) is 4.67. The Morgan fingerprint density at radius 3 is 2.63 bits per heavy atom. The Morgan fingerprint density at radius 2 is 1.95 bits per heavy atom. The lowest BCUT2D eigenvalue weighted by molar-refractivity contribution is 0.0991. The summed E-state index contributed by atoms with van der Waals surface area (Å²) in [5.41, 5.74) is 1.04. The number of carbonyl (C=O) groups excluding carboxylic acids is 1. The first-order chi connectivity index (χ1) is 8.99. The predicted octanol–water partition coefficient (Wildman–Crippen LogP) is 4.35. The molecule has 0 unspecified atom stereocenters. The molecule has 4 heteroatoms. The topological polar surface area (TPSA) is 17.1 Å². The van der Waals surface area contributed by atoms with Gasteiger partial charge in [0.05, 0.1) is 0 Å². The molecule has 0 saturated carbocycles. The van der Waals surface area contributed by atoms with Gasteiger partial charge < -0.3 is 0 Å². The van der Waals surface area contributed by atoms with Crippen molar-refractivity contribution in [3.63, 3.8) is 0 Å². The highest BCUT2D eigenvalue weighted by atomic mass is 35.5. The van der Waals surface area contributed by atoms with E-state index in [1.54, 1.807) is 6.92 Å². The second kappa shape index (κ2) is 5.49. The number of benzene rings is 2. The molecule has 0 aromatic heterocycles. The van der Waals surface area contributed by atoms with Crippen LogP contribution in [0.4, 0.5) is 8.78 Å². The van der Waals surface area contributed by atoms with Gasteiger partial charge in [-0.25, -0.2) is 8.78 Å². The Hall–Kier alpha value is -1.74. The van der Waals surface area contributed by atoms with Gasteiger partial charge in [0.15, 0.2) is 5.78 Å². The van der Waals surface area contributed by atoms with Crippen molar-refractivity contribution in [2.75, 3.05) is 0 Å². The van der Waals surface area contributed by atoms with Gasteiger partial charge >= 0.3 is 0 Å². The van der Waals surface area contributed by atoms with Crippen molar-refractivity contribution in [1.82, 2.24) is 0 Å². The minimum Gasteiger partial charge on any atom is -0.294 e. The second-order valence-electron chi connectivity index (χ2n) is 4.26. The molecule has 98 valence electrons. The number of hydrogen-bond acceptors (Lipinski definition) is 1. The Morgan fingerprint density at radius 1 is 1.21 bits per heavy atom. The maximum atomic E-state index is 13.6. The molecule has 2 aromatic rings. The highest BCUT2D eigenvalue weighted by Gasteiger charge is 2.15. The van der Waals surface area contributed by atoms with E-state index in [9.17, 15) is 13.6 Å². The maximum absolute atomic E-state index is 13.6. The Bertz CT molecular complexity index is 618. The minimum atomic E-state index is -0.532. The first-order valence-electron chi connectivity index (χ1n) is 5.71. The average molecular weight is 281 g/mol. The van der Waals surface area contributed by atoms with Crippen molar-refractivity contribution in [3.05, 3.63) is 69.7 Å².